The zero-order chi connectivity index (χ0) is 18.9. The molecule has 26 heavy (non-hydrogen) atoms. The monoisotopic (exact) mass is 385 g/mol. The second-order valence-corrected chi connectivity index (χ2v) is 8.49. The van der Waals surface area contributed by atoms with Crippen molar-refractivity contribution in [2.75, 3.05) is 10.5 Å². The van der Waals surface area contributed by atoms with Crippen LogP contribution in [-0.4, -0.2) is 18.4 Å². The lowest BCUT2D eigenvalue weighted by molar-refractivity contribution is 0.602. The zero-order valence-electron chi connectivity index (χ0n) is 14.0. The summed E-state index contributed by atoms with van der Waals surface area (Å²) in [5.41, 5.74) is 8.14. The van der Waals surface area contributed by atoms with Crippen molar-refractivity contribution in [2.45, 2.75) is 18.1 Å². The first-order chi connectivity index (χ1) is 12.3. The van der Waals surface area contributed by atoms with Crippen molar-refractivity contribution in [2.24, 2.45) is 0 Å². The number of nitrogens with two attached hydrogens (primary N) is 1. The molecule has 0 aliphatic heterocycles. The topological polar surface area (TPSA) is 102 Å². The molecule has 3 aromatic rings. The van der Waals surface area contributed by atoms with Crippen molar-refractivity contribution in [3.05, 3.63) is 59.1 Å². The third-order valence-electron chi connectivity index (χ3n) is 3.47. The maximum atomic E-state index is 12.7. The number of benzene rings is 1. The largest absolute Gasteiger partial charge is 0.384 e. The maximum Gasteiger partial charge on any atom is 0.274 e. The number of hydrogen-bond acceptors (Lipinski definition) is 6. The van der Waals surface area contributed by atoms with Gasteiger partial charge < -0.3 is 5.73 Å². The summed E-state index contributed by atoms with van der Waals surface area (Å²) in [7, 11) is -3.84. The van der Waals surface area contributed by atoms with Gasteiger partial charge >= 0.3 is 0 Å². The summed E-state index contributed by atoms with van der Waals surface area (Å²) in [4.78, 5) is 11.7. The molecular formula is C17H15N5O2S2. The predicted octanol–water partition coefficient (Wildman–Crippen LogP) is 3.76. The molecule has 2 heterocycles. The third kappa shape index (κ3) is 3.66. The number of nitrogens with one attached hydrogen (secondary N) is 1. The molecule has 0 radical (unpaired) electrons. The number of thiazole rings is 1. The van der Waals surface area contributed by atoms with Gasteiger partial charge in [-0.05, 0) is 31.5 Å². The van der Waals surface area contributed by atoms with E-state index in [0.717, 1.165) is 22.5 Å². The van der Waals surface area contributed by atoms with Gasteiger partial charge in [0.15, 0.2) is 9.90 Å². The molecule has 0 spiro atoms. The molecule has 7 nitrogen and oxygen atoms in total. The first-order valence-corrected chi connectivity index (χ1v) is 9.81. The smallest absolute Gasteiger partial charge is 0.274 e. The summed E-state index contributed by atoms with van der Waals surface area (Å²) in [6.07, 6.45) is 0. The van der Waals surface area contributed by atoms with Crippen molar-refractivity contribution in [3.8, 4) is 10.6 Å². The number of nitrogen functional groups attached to an aromatic ring is 1. The Morgan fingerprint density at radius 3 is 2.46 bits per heavy atom. The summed E-state index contributed by atoms with van der Waals surface area (Å²) in [6.45, 7) is 10.4. The fraction of sp³-hybridized carbons (Fsp3) is 0.118. The van der Waals surface area contributed by atoms with Gasteiger partial charge in [0, 0.05) is 5.56 Å². The number of rotatable bonds is 4. The van der Waals surface area contributed by atoms with E-state index in [1.165, 1.54) is 0 Å². The second-order valence-electron chi connectivity index (χ2n) is 5.61. The highest BCUT2D eigenvalue weighted by Gasteiger charge is 2.23. The molecule has 0 saturated heterocycles. The van der Waals surface area contributed by atoms with Crippen molar-refractivity contribution < 1.29 is 8.42 Å². The number of hydrogen-bond donors (Lipinski definition) is 2. The molecule has 0 aliphatic rings. The standard InChI is InChI=1S/C17H15N5O2S2/c1-10-8-14(18)21-15(9-10)22-26(23,24)17-11(2)20-16(25-17)12-4-6-13(19-3)7-5-12/h4-9H,1-2H3,(H3,18,21,22). The van der Waals surface area contributed by atoms with Crippen LogP contribution in [0.15, 0.2) is 40.6 Å². The number of pyridine rings is 1. The van der Waals surface area contributed by atoms with Gasteiger partial charge in [0.2, 0.25) is 0 Å². The average Bonchev–Trinajstić information content (AvgIpc) is 2.96. The Morgan fingerprint density at radius 2 is 1.85 bits per heavy atom. The van der Waals surface area contributed by atoms with E-state index >= 15 is 0 Å². The van der Waals surface area contributed by atoms with Crippen LogP contribution in [0.2, 0.25) is 0 Å². The fourth-order valence-corrected chi connectivity index (χ4v) is 4.88. The molecule has 0 amide bonds. The highest BCUT2D eigenvalue weighted by molar-refractivity contribution is 7.94. The summed E-state index contributed by atoms with van der Waals surface area (Å²) in [5, 5.41) is 0.566. The molecule has 2 aromatic heterocycles. The van der Waals surface area contributed by atoms with Gasteiger partial charge in [-0.2, -0.15) is 0 Å². The maximum absolute atomic E-state index is 12.7. The highest BCUT2D eigenvalue weighted by atomic mass is 32.2. The minimum absolute atomic E-state index is 0.114. The van der Waals surface area contributed by atoms with Crippen LogP contribution in [0.3, 0.4) is 0 Å². The Hall–Kier alpha value is -2.96. The van der Waals surface area contributed by atoms with E-state index in [0.29, 0.717) is 16.4 Å². The van der Waals surface area contributed by atoms with Crippen molar-refractivity contribution in [3.63, 3.8) is 0 Å². The molecule has 0 saturated carbocycles. The number of sulfonamides is 1. The number of anilines is 2. The first kappa shape index (κ1) is 17.8. The van der Waals surface area contributed by atoms with Gasteiger partial charge in [-0.15, -0.1) is 11.3 Å². The lowest BCUT2D eigenvalue weighted by atomic mass is 10.2. The van der Waals surface area contributed by atoms with Gasteiger partial charge in [0.1, 0.15) is 16.6 Å². The zero-order valence-corrected chi connectivity index (χ0v) is 15.6. The molecule has 9 heteroatoms. The number of aryl methyl sites for hydroxylation is 2. The van der Waals surface area contributed by atoms with E-state index in [9.17, 15) is 8.42 Å². The van der Waals surface area contributed by atoms with Crippen molar-refractivity contribution in [1.29, 1.82) is 0 Å². The quantitative estimate of drug-likeness (QED) is 0.666. The van der Waals surface area contributed by atoms with Crippen LogP contribution in [0.1, 0.15) is 11.3 Å². The Morgan fingerprint density at radius 1 is 1.15 bits per heavy atom. The Kier molecular flexibility index (Phi) is 4.63. The van der Waals surface area contributed by atoms with Crippen LogP contribution < -0.4 is 10.5 Å². The van der Waals surface area contributed by atoms with Crippen molar-refractivity contribution in [1.82, 2.24) is 9.97 Å². The summed E-state index contributed by atoms with van der Waals surface area (Å²) in [5.74, 6) is 0.405. The minimum Gasteiger partial charge on any atom is -0.384 e. The summed E-state index contributed by atoms with van der Waals surface area (Å²) in [6, 6.07) is 10.1. The SMILES string of the molecule is [C-]#[N+]c1ccc(-c2nc(C)c(S(=O)(=O)Nc3cc(C)cc(N)n3)s2)cc1. The van der Waals surface area contributed by atoms with E-state index in [4.69, 9.17) is 12.3 Å². The van der Waals surface area contributed by atoms with Crippen LogP contribution in [0.5, 0.6) is 0 Å². The molecule has 0 bridgehead atoms. The van der Waals surface area contributed by atoms with E-state index in [1.807, 2.05) is 0 Å². The molecule has 0 aliphatic carbocycles. The Labute approximate surface area is 155 Å². The van der Waals surface area contributed by atoms with Gasteiger partial charge in [-0.25, -0.2) is 23.2 Å². The second kappa shape index (κ2) is 6.74. The average molecular weight is 385 g/mol. The van der Waals surface area contributed by atoms with Crippen LogP contribution in [-0.2, 0) is 10.0 Å². The highest BCUT2D eigenvalue weighted by Crippen LogP contribution is 2.32. The minimum atomic E-state index is -3.84. The van der Waals surface area contributed by atoms with Crippen LogP contribution in [0.4, 0.5) is 17.3 Å². The Bertz CT molecular complexity index is 1090. The van der Waals surface area contributed by atoms with Gasteiger partial charge in [-0.1, -0.05) is 24.3 Å². The predicted molar refractivity (Wildman–Crippen MR) is 103 cm³/mol. The van der Waals surface area contributed by atoms with E-state index in [1.54, 1.807) is 50.2 Å². The Balaban J connectivity index is 1.95. The van der Waals surface area contributed by atoms with Gasteiger partial charge in [0.25, 0.3) is 10.0 Å². The van der Waals surface area contributed by atoms with E-state index < -0.39 is 10.0 Å². The molecule has 132 valence electrons. The van der Waals surface area contributed by atoms with Crippen LogP contribution in [0.25, 0.3) is 15.4 Å². The van der Waals surface area contributed by atoms with Crippen molar-refractivity contribution >= 4 is 38.7 Å². The number of aromatic nitrogens is 2. The third-order valence-corrected chi connectivity index (χ3v) is 6.64. The molecule has 0 unspecified atom stereocenters. The molecule has 0 atom stereocenters. The van der Waals surface area contributed by atoms with Crippen LogP contribution in [0, 0.1) is 20.4 Å². The lowest BCUT2D eigenvalue weighted by Gasteiger charge is -2.07. The van der Waals surface area contributed by atoms with Gasteiger partial charge in [-0.3, -0.25) is 4.72 Å². The molecule has 3 rings (SSSR count). The fourth-order valence-electron chi connectivity index (χ4n) is 2.36. The lowest BCUT2D eigenvalue weighted by Crippen LogP contribution is -2.14. The molecule has 0 fully saturated rings. The first-order valence-electron chi connectivity index (χ1n) is 7.51. The molecule has 3 N–H and O–H groups in total. The molecule has 1 aromatic carbocycles. The number of nitrogens with zero attached hydrogens (tertiary/aromatic N) is 3. The molecular weight excluding hydrogens is 370 g/mol. The summed E-state index contributed by atoms with van der Waals surface area (Å²) >= 11 is 1.06. The van der Waals surface area contributed by atoms with E-state index in [-0.39, 0.29) is 15.8 Å². The van der Waals surface area contributed by atoms with E-state index in [2.05, 4.69) is 19.5 Å². The normalized spacial score (nSPS) is 11.1. The summed E-state index contributed by atoms with van der Waals surface area (Å²) < 4.78 is 28.0. The van der Waals surface area contributed by atoms with Gasteiger partial charge in [0.05, 0.1) is 12.3 Å². The van der Waals surface area contributed by atoms with Crippen LogP contribution >= 0.6 is 11.3 Å².